The molecule has 0 radical (unpaired) electrons. The second kappa shape index (κ2) is 5.85. The van der Waals surface area contributed by atoms with Crippen LogP contribution in [0, 0.1) is 18.3 Å². The van der Waals surface area contributed by atoms with E-state index in [9.17, 15) is 15.2 Å². The second-order valence-corrected chi connectivity index (χ2v) is 5.20. The summed E-state index contributed by atoms with van der Waals surface area (Å²) in [6.45, 7) is 1.90. The lowest BCUT2D eigenvalue weighted by molar-refractivity contribution is 0.0693. The van der Waals surface area contributed by atoms with Crippen LogP contribution in [0.5, 0.6) is 5.75 Å². The number of rotatable bonds is 3. The molecule has 2 aromatic heterocycles. The topological polar surface area (TPSA) is 112 Å². The number of hydrogen-bond acceptors (Lipinski definition) is 5. The summed E-state index contributed by atoms with van der Waals surface area (Å²) in [5.74, 6) is -1.66. The number of hydrogen-bond donors (Lipinski definition) is 2. The number of carbonyl (C=O) groups is 1. The third kappa shape index (κ3) is 2.68. The van der Waals surface area contributed by atoms with Gasteiger partial charge >= 0.3 is 5.97 Å². The molecule has 0 bridgehead atoms. The molecule has 1 aromatic carbocycles. The van der Waals surface area contributed by atoms with Crippen LogP contribution in [-0.4, -0.2) is 30.9 Å². The molecule has 0 atom stereocenters. The first-order valence-corrected chi connectivity index (χ1v) is 6.98. The Morgan fingerprint density at radius 1 is 1.29 bits per heavy atom. The Bertz CT molecular complexity index is 986. The van der Waals surface area contributed by atoms with Crippen molar-refractivity contribution in [3.05, 3.63) is 59.5 Å². The van der Waals surface area contributed by atoms with Crippen LogP contribution in [0.4, 0.5) is 0 Å². The molecule has 7 nitrogen and oxygen atoms in total. The van der Waals surface area contributed by atoms with Crippen LogP contribution in [0.3, 0.4) is 0 Å². The highest BCUT2D eigenvalue weighted by Gasteiger charge is 2.14. The molecule has 0 spiro atoms. The lowest BCUT2D eigenvalue weighted by Crippen LogP contribution is -2.00. The summed E-state index contributed by atoms with van der Waals surface area (Å²) in [4.78, 5) is 15.1. The fourth-order valence-corrected chi connectivity index (χ4v) is 2.31. The number of nitriles is 1. The summed E-state index contributed by atoms with van der Waals surface area (Å²) < 4.78 is 1.60. The average molecular weight is 320 g/mol. The summed E-state index contributed by atoms with van der Waals surface area (Å²) in [5, 5.41) is 32.2. The van der Waals surface area contributed by atoms with Gasteiger partial charge in [-0.15, -0.1) is 0 Å². The molecule has 0 fully saturated rings. The van der Waals surface area contributed by atoms with Crippen molar-refractivity contribution in [2.24, 2.45) is 0 Å². The van der Waals surface area contributed by atoms with Gasteiger partial charge in [-0.2, -0.15) is 10.4 Å². The zero-order valence-corrected chi connectivity index (χ0v) is 12.6. The molecule has 0 saturated heterocycles. The number of aromatic carboxylic acids is 1. The Hall–Kier alpha value is -3.66. The molecule has 7 heteroatoms. The normalized spacial score (nSPS) is 10.3. The van der Waals surface area contributed by atoms with Gasteiger partial charge in [0.1, 0.15) is 17.4 Å². The van der Waals surface area contributed by atoms with E-state index in [0.717, 1.165) is 11.8 Å². The van der Waals surface area contributed by atoms with E-state index in [-0.39, 0.29) is 5.56 Å². The summed E-state index contributed by atoms with van der Waals surface area (Å²) in [5.41, 5.74) is 2.64. The van der Waals surface area contributed by atoms with Crippen molar-refractivity contribution < 1.29 is 15.0 Å². The van der Waals surface area contributed by atoms with Crippen LogP contribution in [0.1, 0.15) is 21.5 Å². The lowest BCUT2D eigenvalue weighted by atomic mass is 10.0. The summed E-state index contributed by atoms with van der Waals surface area (Å²) in [6.07, 6.45) is 4.57. The number of aromatic hydroxyl groups is 1. The maximum Gasteiger partial charge on any atom is 0.339 e. The van der Waals surface area contributed by atoms with E-state index in [1.54, 1.807) is 35.3 Å². The molecule has 0 aliphatic heterocycles. The fourth-order valence-electron chi connectivity index (χ4n) is 2.31. The van der Waals surface area contributed by atoms with Gasteiger partial charge in [-0.1, -0.05) is 6.07 Å². The largest absolute Gasteiger partial charge is 0.505 e. The number of nitrogens with zero attached hydrogens (tertiary/aromatic N) is 4. The average Bonchev–Trinajstić information content (AvgIpc) is 3.00. The van der Waals surface area contributed by atoms with Crippen molar-refractivity contribution in [3.63, 3.8) is 0 Å². The molecule has 0 saturated carbocycles. The minimum atomic E-state index is -1.25. The van der Waals surface area contributed by atoms with Crippen molar-refractivity contribution in [1.82, 2.24) is 14.8 Å². The quantitative estimate of drug-likeness (QED) is 0.767. The van der Waals surface area contributed by atoms with E-state index in [4.69, 9.17) is 5.11 Å². The van der Waals surface area contributed by atoms with Gasteiger partial charge in [0.15, 0.2) is 0 Å². The van der Waals surface area contributed by atoms with Gasteiger partial charge < -0.3 is 10.2 Å². The molecule has 0 unspecified atom stereocenters. The maximum absolute atomic E-state index is 11.1. The van der Waals surface area contributed by atoms with Crippen molar-refractivity contribution >= 4 is 5.97 Å². The third-order valence-corrected chi connectivity index (χ3v) is 3.48. The van der Waals surface area contributed by atoms with E-state index in [2.05, 4.69) is 16.2 Å². The van der Waals surface area contributed by atoms with Gasteiger partial charge in [-0.05, 0) is 30.7 Å². The molecule has 3 rings (SSSR count). The van der Waals surface area contributed by atoms with Crippen molar-refractivity contribution in [2.75, 3.05) is 0 Å². The Balaban J connectivity index is 2.10. The number of pyridine rings is 1. The predicted octanol–water partition coefficient (Wildman–Crippen LogP) is 2.52. The molecule has 2 heterocycles. The second-order valence-electron chi connectivity index (χ2n) is 5.20. The lowest BCUT2D eigenvalue weighted by Gasteiger charge is -2.08. The van der Waals surface area contributed by atoms with Crippen LogP contribution in [0.2, 0.25) is 0 Å². The van der Waals surface area contributed by atoms with Gasteiger partial charge in [0.05, 0.1) is 29.3 Å². The standard InChI is InChI=1S/C17H12N4O3/c1-10-7-20-21(9-10)15-3-2-11(4-12(15)6-18)14-5-13(17(23)24)16(22)8-19-14/h2-5,7-9,22H,1H3,(H,23,24). The highest BCUT2D eigenvalue weighted by atomic mass is 16.4. The van der Waals surface area contributed by atoms with Crippen LogP contribution >= 0.6 is 0 Å². The number of aromatic nitrogens is 3. The summed E-state index contributed by atoms with van der Waals surface area (Å²) >= 11 is 0. The number of carboxylic acids is 1. The molecule has 0 amide bonds. The van der Waals surface area contributed by atoms with Gasteiger partial charge in [-0.3, -0.25) is 4.98 Å². The van der Waals surface area contributed by atoms with Crippen LogP contribution in [0.15, 0.2) is 42.9 Å². The minimum absolute atomic E-state index is 0.245. The maximum atomic E-state index is 11.1. The third-order valence-electron chi connectivity index (χ3n) is 3.48. The first-order chi connectivity index (χ1) is 11.5. The Kier molecular flexibility index (Phi) is 3.72. The van der Waals surface area contributed by atoms with Crippen LogP contribution in [0.25, 0.3) is 16.9 Å². The van der Waals surface area contributed by atoms with Gasteiger partial charge in [-0.25, -0.2) is 9.48 Å². The predicted molar refractivity (Wildman–Crippen MR) is 84.9 cm³/mol. The molecule has 118 valence electrons. The Morgan fingerprint density at radius 3 is 2.71 bits per heavy atom. The van der Waals surface area contributed by atoms with Gasteiger partial charge in [0.2, 0.25) is 0 Å². The molecule has 24 heavy (non-hydrogen) atoms. The molecule has 0 aliphatic carbocycles. The molecule has 3 aromatic rings. The molecule has 2 N–H and O–H groups in total. The number of aryl methyl sites for hydroxylation is 1. The van der Waals surface area contributed by atoms with E-state index >= 15 is 0 Å². The Labute approximate surface area is 137 Å². The smallest absolute Gasteiger partial charge is 0.339 e. The molecular weight excluding hydrogens is 308 g/mol. The molecule has 0 aliphatic rings. The number of carboxylic acid groups (broad SMARTS) is 1. The van der Waals surface area contributed by atoms with Crippen molar-refractivity contribution in [3.8, 4) is 28.8 Å². The SMILES string of the molecule is Cc1cnn(-c2ccc(-c3cc(C(=O)O)c(O)cn3)cc2C#N)c1. The fraction of sp³-hybridized carbons (Fsp3) is 0.0588. The van der Waals surface area contributed by atoms with Crippen molar-refractivity contribution in [1.29, 1.82) is 5.26 Å². The highest BCUT2D eigenvalue weighted by molar-refractivity contribution is 5.92. The van der Waals surface area contributed by atoms with E-state index in [0.29, 0.717) is 22.5 Å². The zero-order chi connectivity index (χ0) is 17.3. The zero-order valence-electron chi connectivity index (χ0n) is 12.6. The highest BCUT2D eigenvalue weighted by Crippen LogP contribution is 2.26. The van der Waals surface area contributed by atoms with Gasteiger partial charge in [0, 0.05) is 11.8 Å². The van der Waals surface area contributed by atoms with Crippen LogP contribution in [-0.2, 0) is 0 Å². The van der Waals surface area contributed by atoms with E-state index in [1.807, 2.05) is 6.92 Å². The number of benzene rings is 1. The van der Waals surface area contributed by atoms with Crippen molar-refractivity contribution in [2.45, 2.75) is 6.92 Å². The minimum Gasteiger partial charge on any atom is -0.505 e. The monoisotopic (exact) mass is 320 g/mol. The summed E-state index contributed by atoms with van der Waals surface area (Å²) in [6, 6.07) is 8.42. The Morgan fingerprint density at radius 2 is 2.08 bits per heavy atom. The molecular formula is C17H12N4O3. The summed E-state index contributed by atoms with van der Waals surface area (Å²) in [7, 11) is 0. The van der Waals surface area contributed by atoms with E-state index in [1.165, 1.54) is 6.07 Å². The first-order valence-electron chi connectivity index (χ1n) is 6.98. The first kappa shape index (κ1) is 15.2. The van der Waals surface area contributed by atoms with Crippen LogP contribution < -0.4 is 0 Å². The van der Waals surface area contributed by atoms with E-state index < -0.39 is 11.7 Å². The van der Waals surface area contributed by atoms with Gasteiger partial charge in [0.25, 0.3) is 0 Å².